The average molecular weight is 226 g/mol. The lowest BCUT2D eigenvalue weighted by Gasteiger charge is -2.08. The van der Waals surface area contributed by atoms with Crippen molar-refractivity contribution in [2.24, 2.45) is 16.8 Å². The summed E-state index contributed by atoms with van der Waals surface area (Å²) in [5, 5.41) is 17.5. The summed E-state index contributed by atoms with van der Waals surface area (Å²) >= 11 is 0. The van der Waals surface area contributed by atoms with E-state index < -0.39 is 5.92 Å². The molecule has 0 aliphatic heterocycles. The van der Waals surface area contributed by atoms with Gasteiger partial charge in [-0.25, -0.2) is 0 Å². The number of rotatable bonds is 4. The van der Waals surface area contributed by atoms with Gasteiger partial charge in [0.25, 0.3) is 0 Å². The van der Waals surface area contributed by atoms with Crippen molar-refractivity contribution >= 4 is 11.7 Å². The first kappa shape index (κ1) is 12.0. The molecule has 0 spiro atoms. The molecule has 4 N–H and O–H groups in total. The molecule has 1 heterocycles. The van der Waals surface area contributed by atoms with Gasteiger partial charge < -0.3 is 20.8 Å². The summed E-state index contributed by atoms with van der Waals surface area (Å²) in [6.45, 7) is 3.55. The van der Waals surface area contributed by atoms with Gasteiger partial charge in [0.15, 0.2) is 5.84 Å². The summed E-state index contributed by atoms with van der Waals surface area (Å²) in [4.78, 5) is 11.5. The Balaban J connectivity index is 2.47. The second-order valence-electron chi connectivity index (χ2n) is 3.39. The Hall–Kier alpha value is -2.05. The number of oxime groups is 1. The number of carbonyl (C=O) groups excluding carboxylic acids is 1. The van der Waals surface area contributed by atoms with Gasteiger partial charge in [0.1, 0.15) is 11.5 Å². The first-order chi connectivity index (χ1) is 7.54. The lowest BCUT2D eigenvalue weighted by molar-refractivity contribution is -0.122. The standard InChI is InChI=1S/C9H14N4O3/c1-5-3-7(13-16-5)4-11-9(14)6(2)8(10)12-15/h3,6,15H,4H2,1-2H3,(H2,10,12)(H,11,14). The molecule has 88 valence electrons. The van der Waals surface area contributed by atoms with Crippen molar-refractivity contribution in [1.29, 1.82) is 0 Å². The van der Waals surface area contributed by atoms with Crippen LogP contribution < -0.4 is 11.1 Å². The largest absolute Gasteiger partial charge is 0.409 e. The predicted molar refractivity (Wildman–Crippen MR) is 55.7 cm³/mol. The molecular formula is C9H14N4O3. The summed E-state index contributed by atoms with van der Waals surface area (Å²) < 4.78 is 4.84. The first-order valence-corrected chi connectivity index (χ1v) is 4.72. The smallest absolute Gasteiger partial charge is 0.230 e. The molecule has 0 radical (unpaired) electrons. The van der Waals surface area contributed by atoms with Gasteiger partial charge in [-0.2, -0.15) is 0 Å². The number of carbonyl (C=O) groups is 1. The zero-order valence-corrected chi connectivity index (χ0v) is 9.10. The summed E-state index contributed by atoms with van der Waals surface area (Å²) in [6.07, 6.45) is 0. The molecule has 0 aromatic carbocycles. The van der Waals surface area contributed by atoms with Gasteiger partial charge in [0.05, 0.1) is 12.5 Å². The van der Waals surface area contributed by atoms with E-state index in [0.29, 0.717) is 11.5 Å². The van der Waals surface area contributed by atoms with E-state index in [0.717, 1.165) is 0 Å². The highest BCUT2D eigenvalue weighted by Gasteiger charge is 2.17. The number of hydrogen-bond acceptors (Lipinski definition) is 5. The van der Waals surface area contributed by atoms with Gasteiger partial charge in [-0.15, -0.1) is 0 Å². The molecule has 0 fully saturated rings. The molecule has 1 amide bonds. The first-order valence-electron chi connectivity index (χ1n) is 4.72. The minimum Gasteiger partial charge on any atom is -0.409 e. The van der Waals surface area contributed by atoms with Crippen molar-refractivity contribution in [3.63, 3.8) is 0 Å². The maximum absolute atomic E-state index is 11.5. The predicted octanol–water partition coefficient (Wildman–Crippen LogP) is -0.0183. The molecule has 0 saturated carbocycles. The van der Waals surface area contributed by atoms with Gasteiger partial charge in [-0.1, -0.05) is 10.3 Å². The monoisotopic (exact) mass is 226 g/mol. The molecule has 0 aliphatic carbocycles. The van der Waals surface area contributed by atoms with Crippen LogP contribution in [0, 0.1) is 12.8 Å². The molecule has 0 bridgehead atoms. The highest BCUT2D eigenvalue weighted by atomic mass is 16.5. The molecule has 1 aromatic rings. The van der Waals surface area contributed by atoms with Crippen molar-refractivity contribution in [3.8, 4) is 0 Å². The van der Waals surface area contributed by atoms with Crippen LogP contribution in [0.3, 0.4) is 0 Å². The Morgan fingerprint density at radius 1 is 1.81 bits per heavy atom. The van der Waals surface area contributed by atoms with Crippen LogP contribution in [0.4, 0.5) is 0 Å². The third-order valence-electron chi connectivity index (χ3n) is 2.07. The molecule has 7 heteroatoms. The Morgan fingerprint density at radius 2 is 2.50 bits per heavy atom. The SMILES string of the molecule is Cc1cc(CNC(=O)C(C)C(N)=NO)no1. The molecule has 7 nitrogen and oxygen atoms in total. The fraction of sp³-hybridized carbons (Fsp3) is 0.444. The second kappa shape index (κ2) is 5.15. The van der Waals surface area contributed by atoms with Gasteiger partial charge in [0.2, 0.25) is 5.91 Å². The van der Waals surface area contributed by atoms with Crippen LogP contribution in [-0.4, -0.2) is 22.1 Å². The van der Waals surface area contributed by atoms with E-state index in [9.17, 15) is 4.79 Å². The van der Waals surface area contributed by atoms with Crippen molar-refractivity contribution in [3.05, 3.63) is 17.5 Å². The highest BCUT2D eigenvalue weighted by Crippen LogP contribution is 2.01. The van der Waals surface area contributed by atoms with Gasteiger partial charge in [-0.3, -0.25) is 4.79 Å². The van der Waals surface area contributed by atoms with E-state index in [1.165, 1.54) is 0 Å². The lowest BCUT2D eigenvalue weighted by atomic mass is 10.1. The summed E-state index contributed by atoms with van der Waals surface area (Å²) in [5.41, 5.74) is 5.92. The van der Waals surface area contributed by atoms with Crippen molar-refractivity contribution < 1.29 is 14.5 Å². The van der Waals surface area contributed by atoms with E-state index in [-0.39, 0.29) is 18.3 Å². The van der Waals surface area contributed by atoms with Crippen molar-refractivity contribution in [1.82, 2.24) is 10.5 Å². The third kappa shape index (κ3) is 2.97. The topological polar surface area (TPSA) is 114 Å². The Bertz CT molecular complexity index is 399. The van der Waals surface area contributed by atoms with E-state index in [1.54, 1.807) is 19.9 Å². The van der Waals surface area contributed by atoms with Crippen LogP contribution in [0.5, 0.6) is 0 Å². The number of hydrogen-bond donors (Lipinski definition) is 3. The molecule has 0 aliphatic rings. The molecule has 1 rings (SSSR count). The number of nitrogens with one attached hydrogen (secondary N) is 1. The lowest BCUT2D eigenvalue weighted by Crippen LogP contribution is -2.36. The number of amides is 1. The van der Waals surface area contributed by atoms with Crippen LogP contribution in [0.2, 0.25) is 0 Å². The minimum absolute atomic E-state index is 0.131. The van der Waals surface area contributed by atoms with E-state index in [1.807, 2.05) is 0 Å². The van der Waals surface area contributed by atoms with E-state index >= 15 is 0 Å². The zero-order chi connectivity index (χ0) is 12.1. The van der Waals surface area contributed by atoms with E-state index in [2.05, 4.69) is 15.6 Å². The number of amidine groups is 1. The molecule has 0 saturated heterocycles. The maximum Gasteiger partial charge on any atom is 0.230 e. The van der Waals surface area contributed by atoms with Crippen molar-refractivity contribution in [2.75, 3.05) is 0 Å². The summed E-state index contributed by atoms with van der Waals surface area (Å²) in [5.74, 6) is -0.475. The third-order valence-corrected chi connectivity index (χ3v) is 2.07. The van der Waals surface area contributed by atoms with Crippen LogP contribution in [-0.2, 0) is 11.3 Å². The fourth-order valence-electron chi connectivity index (χ4n) is 1.05. The average Bonchev–Trinajstić information content (AvgIpc) is 2.69. The van der Waals surface area contributed by atoms with Gasteiger partial charge >= 0.3 is 0 Å². The summed E-state index contributed by atoms with van der Waals surface area (Å²) in [6, 6.07) is 1.72. The molecule has 1 unspecified atom stereocenters. The Morgan fingerprint density at radius 3 is 3.00 bits per heavy atom. The van der Waals surface area contributed by atoms with Gasteiger partial charge in [-0.05, 0) is 13.8 Å². The van der Waals surface area contributed by atoms with Crippen LogP contribution >= 0.6 is 0 Å². The highest BCUT2D eigenvalue weighted by molar-refractivity contribution is 6.01. The van der Waals surface area contributed by atoms with Crippen LogP contribution in [0.25, 0.3) is 0 Å². The van der Waals surface area contributed by atoms with Gasteiger partial charge in [0, 0.05) is 6.07 Å². The van der Waals surface area contributed by atoms with Crippen molar-refractivity contribution in [2.45, 2.75) is 20.4 Å². The fourth-order valence-corrected chi connectivity index (χ4v) is 1.05. The quantitative estimate of drug-likeness (QED) is 0.289. The molecular weight excluding hydrogens is 212 g/mol. The minimum atomic E-state index is -0.682. The number of nitrogens with two attached hydrogens (primary N) is 1. The van der Waals surface area contributed by atoms with Crippen LogP contribution in [0.1, 0.15) is 18.4 Å². The Labute approximate surface area is 92.3 Å². The zero-order valence-electron chi connectivity index (χ0n) is 9.10. The molecule has 1 atom stereocenters. The number of aryl methyl sites for hydroxylation is 1. The maximum atomic E-state index is 11.5. The second-order valence-corrected chi connectivity index (χ2v) is 3.39. The number of aromatic nitrogens is 1. The molecule has 16 heavy (non-hydrogen) atoms. The molecule has 1 aromatic heterocycles. The van der Waals surface area contributed by atoms with E-state index in [4.69, 9.17) is 15.5 Å². The normalized spacial score (nSPS) is 13.5. The number of nitrogens with zero attached hydrogens (tertiary/aromatic N) is 2. The summed E-state index contributed by atoms with van der Waals surface area (Å²) in [7, 11) is 0. The van der Waals surface area contributed by atoms with Crippen LogP contribution in [0.15, 0.2) is 15.7 Å². The Kier molecular flexibility index (Phi) is 3.87.